The minimum Gasteiger partial charge on any atom is -0.504 e. The first-order valence-electron chi connectivity index (χ1n) is 8.73. The van der Waals surface area contributed by atoms with Gasteiger partial charge in [0.05, 0.1) is 11.4 Å². The van der Waals surface area contributed by atoms with Gasteiger partial charge in [-0.1, -0.05) is 12.1 Å². The number of nitrogens with one attached hydrogen (secondary N) is 3. The zero-order chi connectivity index (χ0) is 20.4. The Kier molecular flexibility index (Phi) is 4.74. The molecule has 3 heterocycles. The number of ether oxygens (including phenoxy) is 1. The number of aromatic hydroxyl groups is 1. The van der Waals surface area contributed by atoms with Crippen molar-refractivity contribution in [1.82, 2.24) is 15.0 Å². The molecule has 0 amide bonds. The van der Waals surface area contributed by atoms with E-state index in [0.29, 0.717) is 22.3 Å². The summed E-state index contributed by atoms with van der Waals surface area (Å²) in [5.41, 5.74) is 2.02. The molecule has 0 unspecified atom stereocenters. The molecule has 8 heteroatoms. The van der Waals surface area contributed by atoms with Crippen molar-refractivity contribution in [2.75, 3.05) is 0 Å². The molecule has 4 N–H and O–H groups in total. The van der Waals surface area contributed by atoms with E-state index >= 15 is 0 Å². The summed E-state index contributed by atoms with van der Waals surface area (Å²) < 4.78 is 18.3. The zero-order valence-electron chi connectivity index (χ0n) is 15.1. The van der Waals surface area contributed by atoms with Crippen LogP contribution in [0.15, 0.2) is 60.9 Å². The largest absolute Gasteiger partial charge is 0.504 e. The summed E-state index contributed by atoms with van der Waals surface area (Å²) in [6, 6.07) is 12.8. The average Bonchev–Trinajstić information content (AvgIpc) is 3.24. The fourth-order valence-corrected chi connectivity index (χ4v) is 2.96. The minimum absolute atomic E-state index is 0.0682. The SMILES string of the molecule is N=C(Cc1ccc(F)cc1)OC(=N)c1nc(-c2ccc[nH]2)c2cccnc2c1O. The molecular weight excluding hydrogens is 373 g/mol. The number of benzene rings is 1. The van der Waals surface area contributed by atoms with E-state index in [1.807, 2.05) is 12.1 Å². The Morgan fingerprint density at radius 2 is 1.90 bits per heavy atom. The van der Waals surface area contributed by atoms with Crippen molar-refractivity contribution in [2.24, 2.45) is 0 Å². The van der Waals surface area contributed by atoms with Crippen LogP contribution < -0.4 is 0 Å². The summed E-state index contributed by atoms with van der Waals surface area (Å²) in [5.74, 6) is -1.38. The summed E-state index contributed by atoms with van der Waals surface area (Å²) in [7, 11) is 0. The number of pyridine rings is 2. The van der Waals surface area contributed by atoms with Gasteiger partial charge in [0.15, 0.2) is 17.3 Å². The Labute approximate surface area is 164 Å². The van der Waals surface area contributed by atoms with Gasteiger partial charge >= 0.3 is 0 Å². The number of rotatable bonds is 4. The van der Waals surface area contributed by atoms with Gasteiger partial charge < -0.3 is 14.8 Å². The zero-order valence-corrected chi connectivity index (χ0v) is 15.1. The lowest BCUT2D eigenvalue weighted by Gasteiger charge is -2.12. The quantitative estimate of drug-likeness (QED) is 0.311. The third kappa shape index (κ3) is 3.68. The summed E-state index contributed by atoms with van der Waals surface area (Å²) in [6.45, 7) is 0. The normalized spacial score (nSPS) is 10.8. The van der Waals surface area contributed by atoms with E-state index < -0.39 is 5.90 Å². The number of H-pyrrole nitrogens is 1. The number of aromatic nitrogens is 3. The highest BCUT2D eigenvalue weighted by atomic mass is 19.1. The number of halogens is 1. The number of aromatic amines is 1. The van der Waals surface area contributed by atoms with Crippen LogP contribution in [0.5, 0.6) is 5.75 Å². The summed E-state index contributed by atoms with van der Waals surface area (Å²) in [4.78, 5) is 11.7. The van der Waals surface area contributed by atoms with Crippen LogP contribution >= 0.6 is 0 Å². The van der Waals surface area contributed by atoms with Crippen LogP contribution in [-0.2, 0) is 11.2 Å². The predicted molar refractivity (Wildman–Crippen MR) is 107 cm³/mol. The molecule has 4 rings (SSSR count). The van der Waals surface area contributed by atoms with Crippen molar-refractivity contribution < 1.29 is 14.2 Å². The second kappa shape index (κ2) is 7.51. The van der Waals surface area contributed by atoms with Crippen LogP contribution in [0.25, 0.3) is 22.3 Å². The lowest BCUT2D eigenvalue weighted by Crippen LogP contribution is -2.16. The van der Waals surface area contributed by atoms with Crippen molar-refractivity contribution >= 4 is 22.7 Å². The fourth-order valence-electron chi connectivity index (χ4n) is 2.96. The van der Waals surface area contributed by atoms with E-state index in [0.717, 1.165) is 0 Å². The second-order valence-electron chi connectivity index (χ2n) is 6.30. The van der Waals surface area contributed by atoms with Gasteiger partial charge in [-0.25, -0.2) is 9.37 Å². The number of nitrogens with zero attached hydrogens (tertiary/aromatic N) is 2. The molecule has 3 aromatic heterocycles. The summed E-state index contributed by atoms with van der Waals surface area (Å²) in [6.07, 6.45) is 3.34. The topological polar surface area (TPSA) is 119 Å². The van der Waals surface area contributed by atoms with E-state index in [-0.39, 0.29) is 35.1 Å². The van der Waals surface area contributed by atoms with Gasteiger partial charge in [0.25, 0.3) is 0 Å². The van der Waals surface area contributed by atoms with Crippen molar-refractivity contribution in [3.05, 3.63) is 78.0 Å². The molecule has 0 saturated carbocycles. The molecule has 0 fully saturated rings. The second-order valence-corrected chi connectivity index (χ2v) is 6.30. The average molecular weight is 389 g/mol. The molecule has 0 aliphatic rings. The number of hydrogen-bond acceptors (Lipinski definition) is 6. The van der Waals surface area contributed by atoms with Crippen LogP contribution in [-0.4, -0.2) is 31.9 Å². The maximum atomic E-state index is 13.0. The molecule has 7 nitrogen and oxygen atoms in total. The Morgan fingerprint density at radius 3 is 2.62 bits per heavy atom. The molecule has 0 atom stereocenters. The molecule has 0 radical (unpaired) electrons. The van der Waals surface area contributed by atoms with Gasteiger partial charge in [0.1, 0.15) is 11.3 Å². The van der Waals surface area contributed by atoms with Gasteiger partial charge in [-0.3, -0.25) is 15.8 Å². The molecule has 0 aliphatic heterocycles. The Bertz CT molecular complexity index is 1200. The lowest BCUT2D eigenvalue weighted by molar-refractivity contribution is 0.467. The van der Waals surface area contributed by atoms with Gasteiger partial charge in [-0.15, -0.1) is 0 Å². The molecule has 0 spiro atoms. The van der Waals surface area contributed by atoms with Crippen molar-refractivity contribution in [3.8, 4) is 17.1 Å². The van der Waals surface area contributed by atoms with Gasteiger partial charge in [0.2, 0.25) is 5.90 Å². The number of hydrogen-bond donors (Lipinski definition) is 4. The molecule has 0 aliphatic carbocycles. The maximum Gasteiger partial charge on any atom is 0.243 e. The first-order valence-corrected chi connectivity index (χ1v) is 8.73. The highest BCUT2D eigenvalue weighted by molar-refractivity contribution is 6.06. The monoisotopic (exact) mass is 389 g/mol. The Balaban J connectivity index is 1.66. The van der Waals surface area contributed by atoms with Crippen molar-refractivity contribution in [2.45, 2.75) is 6.42 Å². The minimum atomic E-state index is -0.477. The molecular formula is C21H16FN5O2. The van der Waals surface area contributed by atoms with Gasteiger partial charge in [-0.05, 0) is 42.0 Å². The molecule has 4 aromatic rings. The van der Waals surface area contributed by atoms with Crippen LogP contribution in [0.3, 0.4) is 0 Å². The molecule has 0 saturated heterocycles. The highest BCUT2D eigenvalue weighted by Crippen LogP contribution is 2.32. The summed E-state index contributed by atoms with van der Waals surface area (Å²) >= 11 is 0. The van der Waals surface area contributed by atoms with E-state index in [2.05, 4.69) is 15.0 Å². The Morgan fingerprint density at radius 1 is 1.10 bits per heavy atom. The molecule has 0 bridgehead atoms. The van der Waals surface area contributed by atoms with Gasteiger partial charge in [0, 0.05) is 24.2 Å². The van der Waals surface area contributed by atoms with Crippen molar-refractivity contribution in [3.63, 3.8) is 0 Å². The smallest absolute Gasteiger partial charge is 0.243 e. The fraction of sp³-hybridized carbons (Fsp3) is 0.0476. The third-order valence-electron chi connectivity index (χ3n) is 4.31. The Hall–Kier alpha value is -4.07. The lowest BCUT2D eigenvalue weighted by atomic mass is 10.1. The first-order chi connectivity index (χ1) is 14.0. The van der Waals surface area contributed by atoms with Crippen LogP contribution in [0.2, 0.25) is 0 Å². The highest BCUT2D eigenvalue weighted by Gasteiger charge is 2.21. The molecule has 144 valence electrons. The van der Waals surface area contributed by atoms with Crippen LogP contribution in [0.1, 0.15) is 11.3 Å². The van der Waals surface area contributed by atoms with E-state index in [1.54, 1.807) is 18.3 Å². The standard InChI is InChI=1S/C21H16FN5O2/c22-13-7-5-12(6-8-13)11-16(23)29-21(24)19-20(28)18-14(3-1-10-26-18)17(27-19)15-4-2-9-25-15/h1-10,23-25,28H,11H2. The maximum absolute atomic E-state index is 13.0. The van der Waals surface area contributed by atoms with Crippen molar-refractivity contribution in [1.29, 1.82) is 10.8 Å². The van der Waals surface area contributed by atoms with Crippen LogP contribution in [0, 0.1) is 16.6 Å². The molecule has 1 aromatic carbocycles. The van der Waals surface area contributed by atoms with Crippen LogP contribution in [0.4, 0.5) is 4.39 Å². The van der Waals surface area contributed by atoms with E-state index in [4.69, 9.17) is 15.6 Å². The third-order valence-corrected chi connectivity index (χ3v) is 4.31. The first kappa shape index (κ1) is 18.3. The van der Waals surface area contributed by atoms with Gasteiger partial charge in [-0.2, -0.15) is 0 Å². The summed E-state index contributed by atoms with van der Waals surface area (Å²) in [5, 5.41) is 27.4. The van der Waals surface area contributed by atoms with E-state index in [9.17, 15) is 9.50 Å². The predicted octanol–water partition coefficient (Wildman–Crippen LogP) is 4.03. The molecule has 29 heavy (non-hydrogen) atoms. The van der Waals surface area contributed by atoms with E-state index in [1.165, 1.54) is 30.5 Å². The number of fused-ring (bicyclic) bond motifs is 1.